The second-order valence-corrected chi connectivity index (χ2v) is 9.35. The van der Waals surface area contributed by atoms with Gasteiger partial charge in [-0.25, -0.2) is 0 Å². The van der Waals surface area contributed by atoms with Crippen molar-refractivity contribution in [1.82, 2.24) is 0 Å². The van der Waals surface area contributed by atoms with Gasteiger partial charge in [0, 0.05) is 20.9 Å². The lowest BCUT2D eigenvalue weighted by molar-refractivity contribution is -0.115. The number of rotatable bonds is 6. The quantitative estimate of drug-likeness (QED) is 0.260. The summed E-state index contributed by atoms with van der Waals surface area (Å²) in [4.78, 5) is 16.3. The number of benzene rings is 3. The Morgan fingerprint density at radius 2 is 1.41 bits per heavy atom. The molecule has 34 heavy (non-hydrogen) atoms. The summed E-state index contributed by atoms with van der Waals surface area (Å²) in [6.07, 6.45) is 1.68. The number of thiophene rings is 1. The van der Waals surface area contributed by atoms with E-state index in [1.807, 2.05) is 97.9 Å². The number of Topliss-reactive ketones (excluding diaryl/α,β-unsaturated/α-hetero) is 1. The zero-order chi connectivity index (χ0) is 23.5. The smallest absolute Gasteiger partial charge is 0.180 e. The van der Waals surface area contributed by atoms with Gasteiger partial charge >= 0.3 is 0 Å². The molecule has 1 aliphatic rings. The first kappa shape index (κ1) is 21.7. The molecular weight excluding hydrogens is 440 g/mol. The zero-order valence-electron chi connectivity index (χ0n) is 18.6. The van der Waals surface area contributed by atoms with Crippen LogP contribution in [0.5, 0.6) is 0 Å². The van der Waals surface area contributed by atoms with Gasteiger partial charge in [-0.15, -0.1) is 16.4 Å². The fourth-order valence-corrected chi connectivity index (χ4v) is 4.96. The summed E-state index contributed by atoms with van der Waals surface area (Å²) < 4.78 is 0. The van der Waals surface area contributed by atoms with Crippen molar-refractivity contribution in [2.45, 2.75) is 12.8 Å². The number of fused-ring (bicyclic) bond motifs is 1. The zero-order valence-corrected chi connectivity index (χ0v) is 19.4. The third-order valence-electron chi connectivity index (χ3n) is 5.79. The van der Waals surface area contributed by atoms with Crippen LogP contribution in [0.3, 0.4) is 0 Å². The first-order chi connectivity index (χ1) is 16.6. The van der Waals surface area contributed by atoms with E-state index in [-0.39, 0.29) is 17.1 Å². The fraction of sp³-hybridized carbons (Fsp3) is 0.0690. The molecule has 0 bridgehead atoms. The number of allylic oxidation sites excluding steroid dienone is 1. The number of carbonyl (C=O) groups is 1. The third kappa shape index (κ3) is 4.14. The van der Waals surface area contributed by atoms with E-state index in [2.05, 4.69) is 10.2 Å². The molecule has 3 aromatic carbocycles. The van der Waals surface area contributed by atoms with Crippen LogP contribution >= 0.6 is 11.3 Å². The van der Waals surface area contributed by atoms with Gasteiger partial charge in [-0.3, -0.25) is 4.79 Å². The Morgan fingerprint density at radius 1 is 0.824 bits per heavy atom. The number of ketones is 1. The Hall–Kier alpha value is -4.09. The molecule has 0 fully saturated rings. The van der Waals surface area contributed by atoms with Crippen molar-refractivity contribution in [3.63, 3.8) is 0 Å². The summed E-state index contributed by atoms with van der Waals surface area (Å²) >= 11 is 1.62. The molecule has 1 aliphatic carbocycles. The number of hydrogen-bond donors (Lipinski definition) is 1. The van der Waals surface area contributed by atoms with Crippen LogP contribution in [0.2, 0.25) is 0 Å². The number of nitrogens with zero attached hydrogens (tertiary/aromatic N) is 2. The van der Waals surface area contributed by atoms with E-state index in [0.717, 1.165) is 16.0 Å². The number of aryl methyl sites for hydroxylation is 1. The summed E-state index contributed by atoms with van der Waals surface area (Å²) in [5.74, 6) is -0.853. The Kier molecular flexibility index (Phi) is 6.02. The van der Waals surface area contributed by atoms with Gasteiger partial charge in [0.15, 0.2) is 5.78 Å². The van der Waals surface area contributed by atoms with Crippen LogP contribution in [0.4, 0.5) is 0 Å². The monoisotopic (exact) mass is 462 g/mol. The highest BCUT2D eigenvalue weighted by Gasteiger charge is 2.37. The maximum atomic E-state index is 14.1. The van der Waals surface area contributed by atoms with E-state index in [0.29, 0.717) is 16.8 Å². The van der Waals surface area contributed by atoms with Crippen LogP contribution in [-0.4, -0.2) is 22.8 Å². The molecule has 0 amide bonds. The molecule has 1 N–H and O–H groups in total. The van der Waals surface area contributed by atoms with E-state index in [1.165, 1.54) is 4.88 Å². The summed E-state index contributed by atoms with van der Waals surface area (Å²) in [6.45, 7) is 2.03. The van der Waals surface area contributed by atoms with Crippen molar-refractivity contribution in [1.29, 1.82) is 0 Å². The normalized spacial score (nSPS) is 14.4. The minimum absolute atomic E-state index is 0.0571. The summed E-state index contributed by atoms with van der Waals surface area (Å²) in [7, 11) is 0. The van der Waals surface area contributed by atoms with Crippen LogP contribution in [0.1, 0.15) is 37.9 Å². The predicted octanol–water partition coefficient (Wildman–Crippen LogP) is 6.56. The molecule has 0 atom stereocenters. The first-order valence-electron chi connectivity index (χ1n) is 11.0. The van der Waals surface area contributed by atoms with Gasteiger partial charge in [0.05, 0.1) is 17.7 Å². The lowest BCUT2D eigenvalue weighted by Crippen LogP contribution is -2.21. The van der Waals surface area contributed by atoms with Gasteiger partial charge in [0.25, 0.3) is 0 Å². The highest BCUT2D eigenvalue weighted by Crippen LogP contribution is 2.37. The second kappa shape index (κ2) is 9.41. The highest BCUT2D eigenvalue weighted by atomic mass is 32.1. The number of aliphatic hydroxyl groups excluding tert-OH is 1. The minimum Gasteiger partial charge on any atom is -0.506 e. The van der Waals surface area contributed by atoms with E-state index >= 15 is 0 Å². The van der Waals surface area contributed by atoms with E-state index in [9.17, 15) is 9.90 Å². The van der Waals surface area contributed by atoms with Gasteiger partial charge in [-0.1, -0.05) is 84.9 Å². The Labute approximate surface area is 202 Å². The van der Waals surface area contributed by atoms with Crippen LogP contribution in [0.25, 0.3) is 5.76 Å². The van der Waals surface area contributed by atoms with Gasteiger partial charge in [0.2, 0.25) is 0 Å². The standard InChI is InChI=1S/C29H22N2O2S/c1-19-16-17-22(34-19)18-30-31-27-23-14-8-9-15-24(23)28(32)26(27)29(33)25(20-10-4-2-5-11-20)21-12-6-3-7-13-21/h2-18,25,32H,1H3/b30-18-,31-27+. The van der Waals surface area contributed by atoms with Crippen molar-refractivity contribution in [2.24, 2.45) is 10.2 Å². The largest absolute Gasteiger partial charge is 0.506 e. The average molecular weight is 463 g/mol. The lowest BCUT2D eigenvalue weighted by atomic mass is 9.83. The number of hydrogen-bond acceptors (Lipinski definition) is 5. The molecular formula is C29H22N2O2S. The van der Waals surface area contributed by atoms with Crippen molar-refractivity contribution in [3.8, 4) is 0 Å². The van der Waals surface area contributed by atoms with Gasteiger partial charge in [0.1, 0.15) is 11.5 Å². The average Bonchev–Trinajstić information content (AvgIpc) is 3.41. The topological polar surface area (TPSA) is 62.0 Å². The van der Waals surface area contributed by atoms with Crippen molar-refractivity contribution in [3.05, 3.63) is 135 Å². The fourth-order valence-electron chi connectivity index (χ4n) is 4.21. The molecule has 0 saturated heterocycles. The Bertz CT molecular complexity index is 1390. The van der Waals surface area contributed by atoms with Crippen LogP contribution in [-0.2, 0) is 4.79 Å². The molecule has 1 aromatic heterocycles. The minimum atomic E-state index is -0.581. The Balaban J connectivity index is 1.62. The number of carbonyl (C=O) groups excluding carboxylic acids is 1. The van der Waals surface area contributed by atoms with Crippen LogP contribution in [0, 0.1) is 6.92 Å². The molecule has 0 saturated carbocycles. The summed E-state index contributed by atoms with van der Waals surface area (Å²) in [5, 5.41) is 19.9. The molecule has 4 aromatic rings. The van der Waals surface area contributed by atoms with Crippen LogP contribution in [0.15, 0.2) is 113 Å². The van der Waals surface area contributed by atoms with Crippen LogP contribution < -0.4 is 0 Å². The molecule has 5 heteroatoms. The first-order valence-corrected chi connectivity index (χ1v) is 11.8. The predicted molar refractivity (Wildman–Crippen MR) is 139 cm³/mol. The molecule has 0 aliphatic heterocycles. The SMILES string of the molecule is Cc1ccc(/C=N\N=C2\C(C(=O)C(c3ccccc3)c3ccccc3)=C(O)c3ccccc32)s1. The van der Waals surface area contributed by atoms with Gasteiger partial charge in [-0.05, 0) is 30.2 Å². The van der Waals surface area contributed by atoms with E-state index in [1.54, 1.807) is 23.6 Å². The molecule has 5 rings (SSSR count). The molecule has 0 spiro atoms. The summed E-state index contributed by atoms with van der Waals surface area (Å²) in [5.41, 5.74) is 3.58. The maximum absolute atomic E-state index is 14.1. The maximum Gasteiger partial charge on any atom is 0.180 e. The number of aliphatic hydroxyl groups is 1. The molecule has 4 nitrogen and oxygen atoms in total. The highest BCUT2D eigenvalue weighted by molar-refractivity contribution is 7.13. The van der Waals surface area contributed by atoms with Crippen molar-refractivity contribution < 1.29 is 9.90 Å². The third-order valence-corrected chi connectivity index (χ3v) is 6.72. The molecule has 0 unspecified atom stereocenters. The Morgan fingerprint density at radius 3 is 2.00 bits per heavy atom. The molecule has 0 radical (unpaired) electrons. The lowest BCUT2D eigenvalue weighted by Gasteiger charge is -2.18. The molecule has 166 valence electrons. The van der Waals surface area contributed by atoms with E-state index in [4.69, 9.17) is 0 Å². The molecule has 1 heterocycles. The van der Waals surface area contributed by atoms with Gasteiger partial charge in [-0.2, -0.15) is 5.10 Å². The van der Waals surface area contributed by atoms with Crippen molar-refractivity contribution in [2.75, 3.05) is 0 Å². The van der Waals surface area contributed by atoms with Crippen molar-refractivity contribution >= 4 is 34.8 Å². The summed E-state index contributed by atoms with van der Waals surface area (Å²) in [6, 6.07) is 30.6. The second-order valence-electron chi connectivity index (χ2n) is 8.03. The van der Waals surface area contributed by atoms with Gasteiger partial charge < -0.3 is 5.11 Å². The van der Waals surface area contributed by atoms with E-state index < -0.39 is 5.92 Å².